The summed E-state index contributed by atoms with van der Waals surface area (Å²) in [7, 11) is 1.88. The number of hydrogen-bond donors (Lipinski definition) is 0. The smallest absolute Gasteiger partial charge is 0.113 e. The van der Waals surface area contributed by atoms with Gasteiger partial charge in [0.05, 0.1) is 5.52 Å². The van der Waals surface area contributed by atoms with Crippen LogP contribution in [0, 0.1) is 0 Å². The lowest BCUT2D eigenvalue weighted by atomic mass is 10.3. The average Bonchev–Trinajstić information content (AvgIpc) is 2.65. The summed E-state index contributed by atoms with van der Waals surface area (Å²) in [6.45, 7) is 8.25. The van der Waals surface area contributed by atoms with Crippen LogP contribution in [-0.4, -0.2) is 15.0 Å². The molecule has 1 aromatic carbocycles. The van der Waals surface area contributed by atoms with E-state index in [2.05, 4.69) is 24.2 Å². The predicted octanol–water partition coefficient (Wildman–Crippen LogP) is 3.41. The van der Waals surface area contributed by atoms with Gasteiger partial charge in [-0.1, -0.05) is 51.5 Å². The molecule has 0 saturated carbocycles. The monoisotopic (exact) mass is 207 g/mol. The third-order valence-corrected chi connectivity index (χ3v) is 1.52. The number of fused-ring (bicyclic) bond motifs is 1. The van der Waals surface area contributed by atoms with Crippen molar-refractivity contribution in [3.8, 4) is 0 Å². The topological polar surface area (TPSA) is 30.7 Å². The van der Waals surface area contributed by atoms with Crippen LogP contribution in [-0.2, 0) is 7.05 Å². The zero-order valence-corrected chi connectivity index (χ0v) is 10.4. The molecule has 0 spiro atoms. The maximum Gasteiger partial charge on any atom is 0.113 e. The second-order valence-corrected chi connectivity index (χ2v) is 2.91. The van der Waals surface area contributed by atoms with Crippen LogP contribution in [0.15, 0.2) is 24.3 Å². The molecule has 3 heteroatoms. The molecular formula is C12H21N3. The van der Waals surface area contributed by atoms with Crippen molar-refractivity contribution in [3.63, 3.8) is 0 Å². The van der Waals surface area contributed by atoms with Crippen molar-refractivity contribution in [1.29, 1.82) is 0 Å². The van der Waals surface area contributed by atoms with Gasteiger partial charge in [0.15, 0.2) is 0 Å². The van der Waals surface area contributed by atoms with Crippen molar-refractivity contribution in [2.45, 2.75) is 34.1 Å². The zero-order valence-electron chi connectivity index (χ0n) is 10.4. The van der Waals surface area contributed by atoms with E-state index in [1.165, 1.54) is 6.42 Å². The number of benzene rings is 1. The maximum atomic E-state index is 3.93. The van der Waals surface area contributed by atoms with Gasteiger partial charge in [-0.25, -0.2) is 4.68 Å². The Bertz CT molecular complexity index is 366. The van der Waals surface area contributed by atoms with E-state index < -0.39 is 0 Å². The van der Waals surface area contributed by atoms with Gasteiger partial charge in [-0.3, -0.25) is 0 Å². The Balaban J connectivity index is 0.000000342. The first kappa shape index (κ1) is 13.6. The number of aromatic nitrogens is 3. The number of para-hydroxylation sites is 1. The largest absolute Gasteiger partial charge is 0.248 e. The minimum atomic E-state index is 0.949. The van der Waals surface area contributed by atoms with Crippen molar-refractivity contribution in [1.82, 2.24) is 15.0 Å². The first-order valence-electron chi connectivity index (χ1n) is 5.54. The van der Waals surface area contributed by atoms with Crippen LogP contribution >= 0.6 is 0 Å². The van der Waals surface area contributed by atoms with E-state index in [1.54, 1.807) is 4.68 Å². The van der Waals surface area contributed by atoms with E-state index in [9.17, 15) is 0 Å². The Morgan fingerprint density at radius 2 is 1.67 bits per heavy atom. The lowest BCUT2D eigenvalue weighted by Gasteiger charge is -1.87. The highest BCUT2D eigenvalue weighted by Crippen LogP contribution is 2.06. The predicted molar refractivity (Wildman–Crippen MR) is 65.8 cm³/mol. The van der Waals surface area contributed by atoms with E-state index in [0.29, 0.717) is 0 Å². The standard InChI is InChI=1S/C7H7N3.C3H8.C2H6/c1-10-7-5-3-2-4-6(7)8-9-10;1-3-2;1-2/h2-5H,1H3;3H2,1-2H3;1-2H3. The second kappa shape index (κ2) is 7.97. The van der Waals surface area contributed by atoms with Gasteiger partial charge in [0.2, 0.25) is 0 Å². The molecule has 0 aliphatic carbocycles. The van der Waals surface area contributed by atoms with Crippen LogP contribution < -0.4 is 0 Å². The Morgan fingerprint density at radius 3 is 2.20 bits per heavy atom. The first-order valence-corrected chi connectivity index (χ1v) is 5.54. The van der Waals surface area contributed by atoms with Crippen LogP contribution in [0.5, 0.6) is 0 Å². The van der Waals surface area contributed by atoms with Crippen LogP contribution in [0.25, 0.3) is 11.0 Å². The van der Waals surface area contributed by atoms with Gasteiger partial charge in [-0.15, -0.1) is 5.10 Å². The molecule has 0 saturated heterocycles. The molecule has 0 aliphatic rings. The SMILES string of the molecule is CC.CCC.Cn1nnc2ccccc21. The highest BCUT2D eigenvalue weighted by Gasteiger charge is 1.95. The van der Waals surface area contributed by atoms with Crippen molar-refractivity contribution in [3.05, 3.63) is 24.3 Å². The molecule has 0 bridgehead atoms. The summed E-state index contributed by atoms with van der Waals surface area (Å²) < 4.78 is 1.76. The Hall–Kier alpha value is -1.38. The summed E-state index contributed by atoms with van der Waals surface area (Å²) in [6.07, 6.45) is 1.25. The Kier molecular flexibility index (Phi) is 7.24. The van der Waals surface area contributed by atoms with Crippen molar-refractivity contribution >= 4 is 11.0 Å². The van der Waals surface area contributed by atoms with Gasteiger partial charge in [0.25, 0.3) is 0 Å². The van der Waals surface area contributed by atoms with Crippen molar-refractivity contribution < 1.29 is 0 Å². The molecule has 1 aromatic heterocycles. The van der Waals surface area contributed by atoms with Gasteiger partial charge in [-0.05, 0) is 12.1 Å². The van der Waals surface area contributed by atoms with E-state index in [0.717, 1.165) is 11.0 Å². The molecule has 0 atom stereocenters. The molecule has 2 aromatic rings. The fourth-order valence-electron chi connectivity index (χ4n) is 0.986. The Morgan fingerprint density at radius 1 is 1.13 bits per heavy atom. The highest BCUT2D eigenvalue weighted by molar-refractivity contribution is 5.73. The van der Waals surface area contributed by atoms with Gasteiger partial charge in [0, 0.05) is 7.05 Å². The van der Waals surface area contributed by atoms with Crippen LogP contribution in [0.2, 0.25) is 0 Å². The molecule has 0 N–H and O–H groups in total. The number of nitrogens with zero attached hydrogens (tertiary/aromatic N) is 3. The summed E-state index contributed by atoms with van der Waals surface area (Å²) in [5.74, 6) is 0. The van der Waals surface area contributed by atoms with E-state index in [4.69, 9.17) is 0 Å². The van der Waals surface area contributed by atoms with Crippen LogP contribution in [0.4, 0.5) is 0 Å². The lowest BCUT2D eigenvalue weighted by Crippen LogP contribution is -1.88. The van der Waals surface area contributed by atoms with Crippen LogP contribution in [0.3, 0.4) is 0 Å². The number of hydrogen-bond acceptors (Lipinski definition) is 2. The van der Waals surface area contributed by atoms with Crippen LogP contribution in [0.1, 0.15) is 34.1 Å². The van der Waals surface area contributed by atoms with Gasteiger partial charge < -0.3 is 0 Å². The van der Waals surface area contributed by atoms with Gasteiger partial charge in [0.1, 0.15) is 5.52 Å². The third kappa shape index (κ3) is 4.11. The molecule has 0 aliphatic heterocycles. The fraction of sp³-hybridized carbons (Fsp3) is 0.500. The normalized spacial score (nSPS) is 8.60. The van der Waals surface area contributed by atoms with E-state index in [-0.39, 0.29) is 0 Å². The molecule has 2 rings (SSSR count). The second-order valence-electron chi connectivity index (χ2n) is 2.91. The van der Waals surface area contributed by atoms with Crippen molar-refractivity contribution in [2.24, 2.45) is 7.05 Å². The molecule has 1 heterocycles. The zero-order chi connectivity index (χ0) is 11.7. The summed E-state index contributed by atoms with van der Waals surface area (Å²) >= 11 is 0. The van der Waals surface area contributed by atoms with E-state index >= 15 is 0 Å². The van der Waals surface area contributed by atoms with Gasteiger partial charge >= 0.3 is 0 Å². The number of aryl methyl sites for hydroxylation is 1. The molecule has 0 amide bonds. The average molecular weight is 207 g/mol. The molecule has 0 unspecified atom stereocenters. The highest BCUT2D eigenvalue weighted by atomic mass is 15.4. The lowest BCUT2D eigenvalue weighted by molar-refractivity contribution is 0.736. The molecule has 0 fully saturated rings. The third-order valence-electron chi connectivity index (χ3n) is 1.52. The molecular weight excluding hydrogens is 186 g/mol. The summed E-state index contributed by atoms with van der Waals surface area (Å²) in [5, 5.41) is 7.79. The number of rotatable bonds is 0. The minimum Gasteiger partial charge on any atom is -0.248 e. The van der Waals surface area contributed by atoms with Crippen molar-refractivity contribution in [2.75, 3.05) is 0 Å². The molecule has 15 heavy (non-hydrogen) atoms. The van der Waals surface area contributed by atoms with Gasteiger partial charge in [-0.2, -0.15) is 0 Å². The summed E-state index contributed by atoms with van der Waals surface area (Å²) in [5.41, 5.74) is 2.02. The fourth-order valence-corrected chi connectivity index (χ4v) is 0.986. The quantitative estimate of drug-likeness (QED) is 0.662. The van der Waals surface area contributed by atoms with E-state index in [1.807, 2.05) is 45.2 Å². The maximum absolute atomic E-state index is 3.93. The minimum absolute atomic E-state index is 0.949. The molecule has 84 valence electrons. The first-order chi connectivity index (χ1) is 7.29. The summed E-state index contributed by atoms with van der Waals surface area (Å²) in [6, 6.07) is 7.88. The molecule has 0 radical (unpaired) electrons. The summed E-state index contributed by atoms with van der Waals surface area (Å²) in [4.78, 5) is 0. The molecule has 3 nitrogen and oxygen atoms in total. The Labute approximate surface area is 92.1 Å².